The van der Waals surface area contributed by atoms with Crippen LogP contribution >= 0.6 is 11.8 Å². The summed E-state index contributed by atoms with van der Waals surface area (Å²) in [5.41, 5.74) is 2.22. The van der Waals surface area contributed by atoms with E-state index in [9.17, 15) is 4.79 Å². The molecule has 0 fully saturated rings. The topological polar surface area (TPSA) is 74.6 Å². The van der Waals surface area contributed by atoms with Crippen LogP contribution in [0.25, 0.3) is 0 Å². The van der Waals surface area contributed by atoms with E-state index in [0.29, 0.717) is 5.96 Å². The van der Waals surface area contributed by atoms with Crippen LogP contribution in [0, 0.1) is 13.8 Å². The number of nitrogens with zero attached hydrogens (tertiary/aromatic N) is 4. The third-order valence-electron chi connectivity index (χ3n) is 3.41. The van der Waals surface area contributed by atoms with E-state index in [1.165, 1.54) is 5.69 Å². The van der Waals surface area contributed by atoms with Crippen molar-refractivity contribution in [2.45, 2.75) is 26.8 Å². The van der Waals surface area contributed by atoms with Gasteiger partial charge in [0.15, 0.2) is 5.96 Å². The Labute approximate surface area is 149 Å². The van der Waals surface area contributed by atoms with E-state index in [1.807, 2.05) is 11.6 Å². The molecule has 0 spiro atoms. The van der Waals surface area contributed by atoms with Gasteiger partial charge >= 0.3 is 0 Å². The van der Waals surface area contributed by atoms with Gasteiger partial charge in [-0.3, -0.25) is 9.48 Å². The maximum Gasteiger partial charge on any atom is 0.243 e. The second-order valence-electron chi connectivity index (χ2n) is 5.80. The summed E-state index contributed by atoms with van der Waals surface area (Å²) < 4.78 is 2.02. The molecule has 0 aromatic carbocycles. The molecule has 136 valence electrons. The number of aryl methyl sites for hydroxylation is 3. The highest BCUT2D eigenvalue weighted by Crippen LogP contribution is 2.02. The Bertz CT molecular complexity index is 541. The van der Waals surface area contributed by atoms with Crippen LogP contribution in [0.1, 0.15) is 17.8 Å². The van der Waals surface area contributed by atoms with Gasteiger partial charge in [-0.2, -0.15) is 16.9 Å². The Hall–Kier alpha value is -1.70. The van der Waals surface area contributed by atoms with Crippen molar-refractivity contribution in [1.29, 1.82) is 0 Å². The Morgan fingerprint density at radius 3 is 2.62 bits per heavy atom. The van der Waals surface area contributed by atoms with Crippen LogP contribution in [-0.2, 0) is 11.3 Å². The van der Waals surface area contributed by atoms with Crippen LogP contribution < -0.4 is 10.6 Å². The number of carbonyl (C=O) groups is 1. The van der Waals surface area contributed by atoms with Gasteiger partial charge in [0.05, 0.1) is 5.69 Å². The molecule has 0 atom stereocenters. The predicted molar refractivity (Wildman–Crippen MR) is 102 cm³/mol. The number of aromatic nitrogens is 2. The first-order valence-corrected chi connectivity index (χ1v) is 9.55. The van der Waals surface area contributed by atoms with E-state index in [1.54, 1.807) is 30.8 Å². The fraction of sp³-hybridized carbons (Fsp3) is 0.688. The highest BCUT2D eigenvalue weighted by atomic mass is 32.2. The summed E-state index contributed by atoms with van der Waals surface area (Å²) in [7, 11) is 3.47. The van der Waals surface area contributed by atoms with Gasteiger partial charge in [0.1, 0.15) is 6.54 Å². The number of likely N-dealkylation sites (N-methyl/N-ethyl adjacent to an activating group) is 1. The van der Waals surface area contributed by atoms with Gasteiger partial charge in [-0.05, 0) is 32.6 Å². The fourth-order valence-corrected chi connectivity index (χ4v) is 2.38. The average Bonchev–Trinajstić information content (AvgIpc) is 2.85. The molecule has 1 rings (SSSR count). The molecule has 0 radical (unpaired) electrons. The van der Waals surface area contributed by atoms with Crippen molar-refractivity contribution >= 4 is 23.6 Å². The molecule has 7 nitrogen and oxygen atoms in total. The minimum atomic E-state index is -0.0105. The zero-order valence-electron chi connectivity index (χ0n) is 15.4. The maximum atomic E-state index is 11.7. The van der Waals surface area contributed by atoms with Gasteiger partial charge in [0, 0.05) is 45.2 Å². The van der Waals surface area contributed by atoms with E-state index in [0.717, 1.165) is 37.5 Å². The molecule has 0 unspecified atom stereocenters. The molecular weight excluding hydrogens is 324 g/mol. The van der Waals surface area contributed by atoms with Crippen LogP contribution in [-0.4, -0.2) is 72.3 Å². The Kier molecular flexibility index (Phi) is 9.29. The van der Waals surface area contributed by atoms with Crippen molar-refractivity contribution in [3.05, 3.63) is 17.5 Å². The SMILES string of the molecule is CSCCNC(=NCC(=O)N(C)C)NCCCn1nc(C)cc1C. The van der Waals surface area contributed by atoms with Crippen molar-refractivity contribution in [3.8, 4) is 0 Å². The zero-order chi connectivity index (χ0) is 17.9. The lowest BCUT2D eigenvalue weighted by atomic mass is 10.4. The fourth-order valence-electron chi connectivity index (χ4n) is 2.07. The van der Waals surface area contributed by atoms with E-state index in [2.05, 4.69) is 40.0 Å². The summed E-state index contributed by atoms with van der Waals surface area (Å²) >= 11 is 1.77. The summed E-state index contributed by atoms with van der Waals surface area (Å²) in [6.07, 6.45) is 3.00. The molecule has 0 saturated carbocycles. The minimum Gasteiger partial charge on any atom is -0.356 e. The zero-order valence-corrected chi connectivity index (χ0v) is 16.2. The van der Waals surface area contributed by atoms with Gasteiger partial charge < -0.3 is 15.5 Å². The normalized spacial score (nSPS) is 11.5. The van der Waals surface area contributed by atoms with Gasteiger partial charge in [-0.15, -0.1) is 0 Å². The molecular formula is C16H30N6OS. The largest absolute Gasteiger partial charge is 0.356 e. The predicted octanol–water partition coefficient (Wildman–Crippen LogP) is 0.876. The number of aliphatic imine (C=N–C) groups is 1. The number of nitrogens with one attached hydrogen (secondary N) is 2. The van der Waals surface area contributed by atoms with Gasteiger partial charge in [0.25, 0.3) is 0 Å². The Morgan fingerprint density at radius 1 is 1.33 bits per heavy atom. The Balaban J connectivity index is 2.44. The smallest absolute Gasteiger partial charge is 0.243 e. The van der Waals surface area contributed by atoms with Crippen LogP contribution in [0.4, 0.5) is 0 Å². The number of guanidine groups is 1. The molecule has 0 aliphatic carbocycles. The molecule has 0 aliphatic rings. The molecule has 0 bridgehead atoms. The first kappa shape index (κ1) is 20.3. The van der Waals surface area contributed by atoms with E-state index >= 15 is 0 Å². The van der Waals surface area contributed by atoms with Crippen molar-refractivity contribution in [1.82, 2.24) is 25.3 Å². The summed E-state index contributed by atoms with van der Waals surface area (Å²) in [6.45, 7) is 6.68. The highest BCUT2D eigenvalue weighted by molar-refractivity contribution is 7.98. The lowest BCUT2D eigenvalue weighted by Crippen LogP contribution is -2.40. The van der Waals surface area contributed by atoms with E-state index in [4.69, 9.17) is 0 Å². The van der Waals surface area contributed by atoms with E-state index in [-0.39, 0.29) is 12.5 Å². The number of hydrogen-bond donors (Lipinski definition) is 2. The number of thioether (sulfide) groups is 1. The Morgan fingerprint density at radius 2 is 2.04 bits per heavy atom. The summed E-state index contributed by atoms with van der Waals surface area (Å²) in [4.78, 5) is 17.6. The molecule has 1 aromatic rings. The van der Waals surface area contributed by atoms with Crippen molar-refractivity contribution in [3.63, 3.8) is 0 Å². The number of rotatable bonds is 9. The average molecular weight is 355 g/mol. The standard InChI is InChI=1S/C16H30N6OS/c1-13-11-14(2)22(20-13)9-6-7-17-16(18-8-10-24-5)19-12-15(23)21(3)4/h11H,6-10,12H2,1-5H3,(H2,17,18,19). The molecule has 0 saturated heterocycles. The quantitative estimate of drug-likeness (QED) is 0.391. The van der Waals surface area contributed by atoms with Gasteiger partial charge in [-0.1, -0.05) is 0 Å². The molecule has 8 heteroatoms. The van der Waals surface area contributed by atoms with Crippen LogP contribution in [0.15, 0.2) is 11.1 Å². The molecule has 1 heterocycles. The number of hydrogen-bond acceptors (Lipinski definition) is 4. The lowest BCUT2D eigenvalue weighted by Gasteiger charge is -2.13. The van der Waals surface area contributed by atoms with Crippen LogP contribution in [0.3, 0.4) is 0 Å². The lowest BCUT2D eigenvalue weighted by molar-refractivity contribution is -0.127. The third kappa shape index (κ3) is 7.72. The summed E-state index contributed by atoms with van der Waals surface area (Å²) in [5.74, 6) is 1.67. The molecule has 24 heavy (non-hydrogen) atoms. The monoisotopic (exact) mass is 354 g/mol. The summed E-state index contributed by atoms with van der Waals surface area (Å²) in [5, 5.41) is 11.0. The first-order chi connectivity index (χ1) is 11.4. The number of amides is 1. The van der Waals surface area contributed by atoms with Crippen LogP contribution in [0.2, 0.25) is 0 Å². The molecule has 1 amide bonds. The van der Waals surface area contributed by atoms with Crippen LogP contribution in [0.5, 0.6) is 0 Å². The summed E-state index contributed by atoms with van der Waals surface area (Å²) in [6, 6.07) is 2.08. The third-order valence-corrected chi connectivity index (χ3v) is 4.02. The van der Waals surface area contributed by atoms with Crippen molar-refractivity contribution in [2.75, 3.05) is 45.7 Å². The first-order valence-electron chi connectivity index (χ1n) is 8.16. The second kappa shape index (κ2) is 11.0. The van der Waals surface area contributed by atoms with Gasteiger partial charge in [-0.25, -0.2) is 4.99 Å². The van der Waals surface area contributed by atoms with Crippen molar-refractivity contribution in [2.24, 2.45) is 4.99 Å². The molecule has 0 aliphatic heterocycles. The second-order valence-corrected chi connectivity index (χ2v) is 6.79. The van der Waals surface area contributed by atoms with E-state index < -0.39 is 0 Å². The van der Waals surface area contributed by atoms with Gasteiger partial charge in [0.2, 0.25) is 5.91 Å². The van der Waals surface area contributed by atoms with Crippen molar-refractivity contribution < 1.29 is 4.79 Å². The molecule has 2 N–H and O–H groups in total. The number of carbonyl (C=O) groups excluding carboxylic acids is 1. The highest BCUT2D eigenvalue weighted by Gasteiger charge is 2.05. The molecule has 1 aromatic heterocycles. The maximum absolute atomic E-state index is 11.7. The minimum absolute atomic E-state index is 0.0105.